The molecule has 0 heterocycles. The maximum atomic E-state index is 11.8. The molecule has 0 radical (unpaired) electrons. The molecule has 0 saturated heterocycles. The monoisotopic (exact) mass is 364 g/mol. The van der Waals surface area contributed by atoms with Crippen LogP contribution in [0.5, 0.6) is 0 Å². The van der Waals surface area contributed by atoms with Gasteiger partial charge in [0, 0.05) is 12.0 Å². The van der Waals surface area contributed by atoms with Crippen LogP contribution < -0.4 is 10.6 Å². The SMILES string of the molecule is O=CC(Cc1ccccc1)CP(=S)(c1ccccc1)c1ccccc1. The smallest absolute Gasteiger partial charge is 0.123 e. The quantitative estimate of drug-likeness (QED) is 0.462. The van der Waals surface area contributed by atoms with Gasteiger partial charge in [-0.2, -0.15) is 0 Å². The molecule has 1 nitrogen and oxygen atoms in total. The van der Waals surface area contributed by atoms with Crippen LogP contribution in [0.3, 0.4) is 0 Å². The highest BCUT2D eigenvalue weighted by Gasteiger charge is 2.26. The number of carbonyl (C=O) groups is 1. The summed E-state index contributed by atoms with van der Waals surface area (Å²) in [5, 5.41) is 2.35. The number of rotatable bonds is 7. The molecule has 1 atom stereocenters. The predicted molar refractivity (Wildman–Crippen MR) is 111 cm³/mol. The number of hydrogen-bond acceptors (Lipinski definition) is 2. The third-order valence-electron chi connectivity index (χ3n) is 4.37. The molecule has 0 N–H and O–H groups in total. The average Bonchev–Trinajstić information content (AvgIpc) is 2.69. The summed E-state index contributed by atoms with van der Waals surface area (Å²) in [5.41, 5.74) is 1.18. The zero-order valence-corrected chi connectivity index (χ0v) is 15.7. The van der Waals surface area contributed by atoms with Crippen molar-refractivity contribution in [2.24, 2.45) is 5.92 Å². The molecule has 0 aliphatic rings. The maximum Gasteiger partial charge on any atom is 0.123 e. The van der Waals surface area contributed by atoms with Crippen molar-refractivity contribution in [2.45, 2.75) is 6.42 Å². The van der Waals surface area contributed by atoms with E-state index in [1.165, 1.54) is 16.2 Å². The first-order valence-corrected chi connectivity index (χ1v) is 11.4. The number of benzene rings is 3. The van der Waals surface area contributed by atoms with E-state index < -0.39 is 6.04 Å². The first kappa shape index (κ1) is 17.8. The molecule has 1 unspecified atom stereocenters. The Hall–Kier alpha value is -2.02. The van der Waals surface area contributed by atoms with Crippen LogP contribution in [0.1, 0.15) is 5.56 Å². The second-order valence-electron chi connectivity index (χ2n) is 6.18. The van der Waals surface area contributed by atoms with Gasteiger partial charge in [0.25, 0.3) is 0 Å². The molecule has 3 aromatic rings. The lowest BCUT2D eigenvalue weighted by atomic mass is 10.0. The van der Waals surface area contributed by atoms with E-state index in [-0.39, 0.29) is 5.92 Å². The second-order valence-corrected chi connectivity index (χ2v) is 10.9. The highest BCUT2D eigenvalue weighted by molar-refractivity contribution is 8.21. The summed E-state index contributed by atoms with van der Waals surface area (Å²) < 4.78 is 0. The number of carbonyl (C=O) groups excluding carboxylic acids is 1. The maximum absolute atomic E-state index is 11.8. The van der Waals surface area contributed by atoms with E-state index in [0.717, 1.165) is 18.9 Å². The molecular weight excluding hydrogens is 343 g/mol. The molecule has 0 fully saturated rings. The summed E-state index contributed by atoms with van der Waals surface area (Å²) in [4.78, 5) is 11.8. The van der Waals surface area contributed by atoms with Crippen LogP contribution in [0, 0.1) is 5.92 Å². The number of aldehydes is 1. The lowest BCUT2D eigenvalue weighted by Crippen LogP contribution is -2.23. The van der Waals surface area contributed by atoms with Gasteiger partial charge in [-0.15, -0.1) is 0 Å². The van der Waals surface area contributed by atoms with Crippen molar-refractivity contribution in [3.8, 4) is 0 Å². The third-order valence-corrected chi connectivity index (χ3v) is 9.33. The van der Waals surface area contributed by atoms with E-state index in [1.807, 2.05) is 54.6 Å². The van der Waals surface area contributed by atoms with Gasteiger partial charge in [0.2, 0.25) is 0 Å². The van der Waals surface area contributed by atoms with Gasteiger partial charge in [-0.3, -0.25) is 0 Å². The van der Waals surface area contributed by atoms with Crippen LogP contribution in [0.4, 0.5) is 0 Å². The van der Waals surface area contributed by atoms with E-state index in [2.05, 4.69) is 36.4 Å². The largest absolute Gasteiger partial charge is 0.303 e. The van der Waals surface area contributed by atoms with Crippen LogP contribution in [-0.4, -0.2) is 12.4 Å². The van der Waals surface area contributed by atoms with Crippen molar-refractivity contribution in [3.63, 3.8) is 0 Å². The number of hydrogen-bond donors (Lipinski definition) is 0. The molecule has 3 aromatic carbocycles. The van der Waals surface area contributed by atoms with Crippen molar-refractivity contribution >= 4 is 34.7 Å². The van der Waals surface area contributed by atoms with Gasteiger partial charge in [0.05, 0.1) is 0 Å². The second kappa shape index (κ2) is 8.38. The molecule has 0 amide bonds. The fourth-order valence-electron chi connectivity index (χ4n) is 3.10. The molecule has 0 spiro atoms. The van der Waals surface area contributed by atoms with Crippen molar-refractivity contribution < 1.29 is 4.79 Å². The van der Waals surface area contributed by atoms with Gasteiger partial charge in [0.15, 0.2) is 0 Å². The van der Waals surface area contributed by atoms with Gasteiger partial charge in [0.1, 0.15) is 6.29 Å². The lowest BCUT2D eigenvalue weighted by molar-refractivity contribution is -0.110. The van der Waals surface area contributed by atoms with E-state index >= 15 is 0 Å². The Kier molecular flexibility index (Phi) is 5.96. The van der Waals surface area contributed by atoms with E-state index in [4.69, 9.17) is 11.8 Å². The van der Waals surface area contributed by atoms with Crippen LogP contribution in [0.15, 0.2) is 91.0 Å². The van der Waals surface area contributed by atoms with Crippen molar-refractivity contribution in [1.29, 1.82) is 0 Å². The van der Waals surface area contributed by atoms with Crippen LogP contribution >= 0.6 is 6.04 Å². The molecule has 0 aliphatic carbocycles. The summed E-state index contributed by atoms with van der Waals surface area (Å²) in [6.07, 6.45) is 2.54. The summed E-state index contributed by atoms with van der Waals surface area (Å²) in [6, 6.07) is 28.7. The van der Waals surface area contributed by atoms with Crippen molar-refractivity contribution in [3.05, 3.63) is 96.6 Å². The molecule has 0 bridgehead atoms. The molecule has 0 saturated carbocycles. The summed E-state index contributed by atoms with van der Waals surface area (Å²) in [5.74, 6) is -0.0753. The first-order valence-electron chi connectivity index (χ1n) is 8.42. The Labute approximate surface area is 154 Å². The zero-order valence-electron chi connectivity index (χ0n) is 14.0. The molecule has 0 aromatic heterocycles. The molecule has 126 valence electrons. The van der Waals surface area contributed by atoms with Gasteiger partial charge >= 0.3 is 0 Å². The van der Waals surface area contributed by atoms with Crippen molar-refractivity contribution in [1.82, 2.24) is 0 Å². The van der Waals surface area contributed by atoms with Crippen LogP contribution in [-0.2, 0) is 23.0 Å². The molecule has 25 heavy (non-hydrogen) atoms. The molecule has 3 rings (SSSR count). The Bertz CT molecular complexity index is 803. The minimum atomic E-state index is -2.03. The normalized spacial score (nSPS) is 12.5. The fourth-order valence-corrected chi connectivity index (χ4v) is 7.31. The van der Waals surface area contributed by atoms with Crippen LogP contribution in [0.2, 0.25) is 0 Å². The van der Waals surface area contributed by atoms with Gasteiger partial charge in [-0.25, -0.2) is 0 Å². The molecular formula is C22H21OPS. The highest BCUT2D eigenvalue weighted by Crippen LogP contribution is 2.45. The van der Waals surface area contributed by atoms with E-state index in [9.17, 15) is 4.79 Å². The zero-order chi connectivity index (χ0) is 17.5. The van der Waals surface area contributed by atoms with Gasteiger partial charge < -0.3 is 4.79 Å². The summed E-state index contributed by atoms with van der Waals surface area (Å²) in [7, 11) is 0. The summed E-state index contributed by atoms with van der Waals surface area (Å²) >= 11 is 6.25. The lowest BCUT2D eigenvalue weighted by Gasteiger charge is -2.26. The molecule has 3 heteroatoms. The first-order chi connectivity index (χ1) is 12.2. The Morgan fingerprint density at radius 3 is 1.64 bits per heavy atom. The summed E-state index contributed by atoms with van der Waals surface area (Å²) in [6.45, 7) is 0. The van der Waals surface area contributed by atoms with Gasteiger partial charge in [-0.1, -0.05) is 103 Å². The Morgan fingerprint density at radius 1 is 0.760 bits per heavy atom. The Morgan fingerprint density at radius 2 is 1.20 bits per heavy atom. The molecule has 0 aliphatic heterocycles. The predicted octanol–water partition coefficient (Wildman–Crippen LogP) is 4.17. The van der Waals surface area contributed by atoms with Crippen LogP contribution in [0.25, 0.3) is 0 Å². The van der Waals surface area contributed by atoms with E-state index in [1.54, 1.807) is 0 Å². The Balaban J connectivity index is 1.95. The van der Waals surface area contributed by atoms with Gasteiger partial charge in [-0.05, 0) is 28.8 Å². The fraction of sp³-hybridized carbons (Fsp3) is 0.136. The van der Waals surface area contributed by atoms with Crippen molar-refractivity contribution in [2.75, 3.05) is 6.16 Å². The van der Waals surface area contributed by atoms with E-state index in [0.29, 0.717) is 0 Å². The topological polar surface area (TPSA) is 17.1 Å². The minimum Gasteiger partial charge on any atom is -0.303 e. The third kappa shape index (κ3) is 4.34. The highest BCUT2D eigenvalue weighted by atomic mass is 32.4. The minimum absolute atomic E-state index is 0.0753. The standard InChI is InChI=1S/C22H21OPS/c23-17-20(16-19-10-4-1-5-11-19)18-24(25,21-12-6-2-7-13-21)22-14-8-3-9-15-22/h1-15,17,20H,16,18H2. The average molecular weight is 364 g/mol.